The molecule has 1 aromatic heterocycles. The average molecular weight is 626 g/mol. The summed E-state index contributed by atoms with van der Waals surface area (Å²) in [6, 6.07) is 22.4. The van der Waals surface area contributed by atoms with E-state index in [1.54, 1.807) is 30.6 Å². The van der Waals surface area contributed by atoms with Crippen molar-refractivity contribution in [2.24, 2.45) is 10.9 Å². The average Bonchev–Trinajstić information content (AvgIpc) is 3.41. The molecular formula is C35H39N5O4S. The number of pyridine rings is 1. The van der Waals surface area contributed by atoms with Crippen LogP contribution in [-0.2, 0) is 16.0 Å². The Hall–Kier alpha value is -4.28. The smallest absolute Gasteiger partial charge is 0.277 e. The van der Waals surface area contributed by atoms with E-state index in [0.717, 1.165) is 5.56 Å². The zero-order valence-corrected chi connectivity index (χ0v) is 26.8. The van der Waals surface area contributed by atoms with Gasteiger partial charge in [-0.25, -0.2) is 0 Å². The first-order valence-corrected chi connectivity index (χ1v) is 15.9. The van der Waals surface area contributed by atoms with Crippen molar-refractivity contribution < 1.29 is 19.5 Å². The summed E-state index contributed by atoms with van der Waals surface area (Å²) < 4.78 is -0.141. The van der Waals surface area contributed by atoms with Gasteiger partial charge in [0.15, 0.2) is 0 Å². The van der Waals surface area contributed by atoms with Gasteiger partial charge < -0.3 is 10.4 Å². The Bertz CT molecular complexity index is 1580. The lowest BCUT2D eigenvalue weighted by Gasteiger charge is -2.41. The molecule has 2 aliphatic rings. The van der Waals surface area contributed by atoms with Crippen molar-refractivity contribution in [3.63, 3.8) is 0 Å². The summed E-state index contributed by atoms with van der Waals surface area (Å²) in [5.74, 6) is -1.45. The lowest BCUT2D eigenvalue weighted by molar-refractivity contribution is -0.138. The third-order valence-electron chi connectivity index (χ3n) is 7.77. The van der Waals surface area contributed by atoms with Crippen LogP contribution in [0.25, 0.3) is 5.70 Å². The summed E-state index contributed by atoms with van der Waals surface area (Å²) in [5, 5.41) is 15.1. The minimum Gasteiger partial charge on any atom is -0.384 e. The van der Waals surface area contributed by atoms with E-state index in [2.05, 4.69) is 29.1 Å². The fraction of sp³-hybridized carbons (Fsp3) is 0.343. The molecular weight excluding hydrogens is 586 g/mol. The fourth-order valence-corrected chi connectivity index (χ4v) is 6.65. The summed E-state index contributed by atoms with van der Waals surface area (Å²) in [7, 11) is 0. The molecule has 45 heavy (non-hydrogen) atoms. The van der Waals surface area contributed by atoms with Crippen LogP contribution in [-0.4, -0.2) is 78.7 Å². The van der Waals surface area contributed by atoms with Crippen LogP contribution >= 0.6 is 11.8 Å². The Morgan fingerprint density at radius 2 is 1.69 bits per heavy atom. The number of hydrogen-bond acceptors (Lipinski definition) is 7. The standard InChI is InChI=1S/C35H39N5O4S/c1-23(2)30-34(44)39(28(25-15-9-6-10-16-25)20-40(30)33(43)26-17-11-12-18-36-26)21-29(41)38-27(19-24-13-7-5-8-14-24)31(42)32-37-22-35(3,4)45-32/h5-18,20,23,27,30-31,42H,19,21-22H2,1-4H3,(H,38,41)/t27?,30-,31?/m1/s1. The molecule has 0 fully saturated rings. The van der Waals surface area contributed by atoms with Crippen molar-refractivity contribution in [3.05, 3.63) is 108 Å². The van der Waals surface area contributed by atoms with Crippen molar-refractivity contribution >= 4 is 40.2 Å². The molecule has 0 aliphatic carbocycles. The Morgan fingerprint density at radius 3 is 2.29 bits per heavy atom. The van der Waals surface area contributed by atoms with E-state index in [-0.39, 0.29) is 28.8 Å². The van der Waals surface area contributed by atoms with Crippen molar-refractivity contribution in [3.8, 4) is 0 Å². The van der Waals surface area contributed by atoms with Gasteiger partial charge >= 0.3 is 0 Å². The molecule has 2 N–H and O–H groups in total. The van der Waals surface area contributed by atoms with Crippen LogP contribution in [0.1, 0.15) is 49.3 Å². The minimum atomic E-state index is -1.02. The summed E-state index contributed by atoms with van der Waals surface area (Å²) in [6.45, 7) is 8.16. The Kier molecular flexibility index (Phi) is 9.84. The monoisotopic (exact) mass is 625 g/mol. The van der Waals surface area contributed by atoms with Gasteiger partial charge in [0.25, 0.3) is 11.8 Å². The number of aliphatic hydroxyl groups excluding tert-OH is 1. The van der Waals surface area contributed by atoms with Gasteiger partial charge in [-0.2, -0.15) is 0 Å². The fourth-order valence-electron chi connectivity index (χ4n) is 5.54. The number of amides is 3. The van der Waals surface area contributed by atoms with Gasteiger partial charge in [0, 0.05) is 17.1 Å². The predicted molar refractivity (Wildman–Crippen MR) is 177 cm³/mol. The summed E-state index contributed by atoms with van der Waals surface area (Å²) in [6.07, 6.45) is 2.55. The topological polar surface area (TPSA) is 115 Å². The number of carbonyl (C=O) groups excluding carboxylic acids is 3. The van der Waals surface area contributed by atoms with Crippen molar-refractivity contribution in [2.45, 2.75) is 57.1 Å². The van der Waals surface area contributed by atoms with Gasteiger partial charge in [0.05, 0.1) is 23.3 Å². The van der Waals surface area contributed by atoms with E-state index in [9.17, 15) is 19.5 Å². The van der Waals surface area contributed by atoms with E-state index in [1.807, 2.05) is 74.5 Å². The number of benzene rings is 2. The molecule has 0 saturated carbocycles. The number of aromatic nitrogens is 1. The molecule has 3 heterocycles. The number of thioether (sulfide) groups is 1. The first-order chi connectivity index (χ1) is 21.5. The number of carbonyl (C=O) groups is 3. The highest BCUT2D eigenvalue weighted by molar-refractivity contribution is 8.15. The molecule has 0 bridgehead atoms. The maximum absolute atomic E-state index is 14.2. The SMILES string of the molecule is CC(C)[C@@H]1C(=O)N(CC(=O)NC(Cc2ccccc2)C(O)C2=NCC(C)(C)S2)C(c2ccccc2)=CN1C(=O)c1ccccn1. The maximum atomic E-state index is 14.2. The Balaban J connectivity index is 1.45. The van der Waals surface area contributed by atoms with Crippen LogP contribution in [0.4, 0.5) is 0 Å². The molecule has 9 nitrogen and oxygen atoms in total. The zero-order chi connectivity index (χ0) is 32.1. The van der Waals surface area contributed by atoms with Crippen molar-refractivity contribution in [1.82, 2.24) is 20.1 Å². The molecule has 0 radical (unpaired) electrons. The third-order valence-corrected chi connectivity index (χ3v) is 9.03. The first-order valence-electron chi connectivity index (χ1n) is 15.1. The van der Waals surface area contributed by atoms with E-state index < -0.39 is 30.0 Å². The summed E-state index contributed by atoms with van der Waals surface area (Å²) >= 11 is 1.51. The number of hydrogen-bond donors (Lipinski definition) is 2. The molecule has 3 aromatic rings. The molecule has 5 rings (SSSR count). The predicted octanol–water partition coefficient (Wildman–Crippen LogP) is 4.40. The van der Waals surface area contributed by atoms with Crippen LogP contribution in [0.3, 0.4) is 0 Å². The van der Waals surface area contributed by atoms with Gasteiger partial charge in [-0.3, -0.25) is 34.2 Å². The molecule has 2 unspecified atom stereocenters. The van der Waals surface area contributed by atoms with E-state index in [0.29, 0.717) is 29.3 Å². The van der Waals surface area contributed by atoms with Crippen LogP contribution < -0.4 is 5.32 Å². The molecule has 3 amide bonds. The number of aliphatic imine (C=N–C) groups is 1. The van der Waals surface area contributed by atoms with E-state index in [4.69, 9.17) is 0 Å². The number of nitrogens with zero attached hydrogens (tertiary/aromatic N) is 4. The molecule has 2 aromatic carbocycles. The van der Waals surface area contributed by atoms with E-state index >= 15 is 0 Å². The molecule has 0 saturated heterocycles. The summed E-state index contributed by atoms with van der Waals surface area (Å²) in [5.41, 5.74) is 2.28. The Labute approximate surface area is 268 Å². The van der Waals surface area contributed by atoms with Gasteiger partial charge in [0.2, 0.25) is 5.91 Å². The van der Waals surface area contributed by atoms with Gasteiger partial charge in [-0.1, -0.05) is 80.6 Å². The second kappa shape index (κ2) is 13.8. The Morgan fingerprint density at radius 1 is 1.02 bits per heavy atom. The number of nitrogens with one attached hydrogen (secondary N) is 1. The second-order valence-corrected chi connectivity index (χ2v) is 14.0. The summed E-state index contributed by atoms with van der Waals surface area (Å²) in [4.78, 5) is 53.4. The molecule has 3 atom stereocenters. The zero-order valence-electron chi connectivity index (χ0n) is 26.0. The highest BCUT2D eigenvalue weighted by Gasteiger charge is 2.42. The first kappa shape index (κ1) is 32.1. The number of rotatable bonds is 10. The van der Waals surface area contributed by atoms with E-state index in [1.165, 1.54) is 21.6 Å². The van der Waals surface area contributed by atoms with Crippen LogP contribution in [0.2, 0.25) is 0 Å². The largest absolute Gasteiger partial charge is 0.384 e. The van der Waals surface area contributed by atoms with Gasteiger partial charge in [0.1, 0.15) is 24.4 Å². The van der Waals surface area contributed by atoms with Gasteiger partial charge in [-0.15, -0.1) is 11.8 Å². The molecule has 2 aliphatic heterocycles. The van der Waals surface area contributed by atoms with Crippen LogP contribution in [0.5, 0.6) is 0 Å². The van der Waals surface area contributed by atoms with Crippen LogP contribution in [0.15, 0.2) is 96.3 Å². The lowest BCUT2D eigenvalue weighted by atomic mass is 9.96. The lowest BCUT2D eigenvalue weighted by Crippen LogP contribution is -2.57. The normalized spacial score (nSPS) is 19.2. The van der Waals surface area contributed by atoms with Gasteiger partial charge in [-0.05, 0) is 49.4 Å². The minimum absolute atomic E-state index is 0.141. The molecule has 10 heteroatoms. The third kappa shape index (κ3) is 7.51. The van der Waals surface area contributed by atoms with Crippen molar-refractivity contribution in [1.29, 1.82) is 0 Å². The number of aliphatic hydroxyl groups is 1. The second-order valence-electron chi connectivity index (χ2n) is 12.2. The van der Waals surface area contributed by atoms with Crippen LogP contribution in [0, 0.1) is 5.92 Å². The van der Waals surface area contributed by atoms with Crippen molar-refractivity contribution in [2.75, 3.05) is 13.1 Å². The molecule has 0 spiro atoms. The highest BCUT2D eigenvalue weighted by Crippen LogP contribution is 2.34. The maximum Gasteiger partial charge on any atom is 0.277 e. The quantitative estimate of drug-likeness (QED) is 0.345. The highest BCUT2D eigenvalue weighted by atomic mass is 32.2. The molecule has 234 valence electrons.